The minimum Gasteiger partial charge on any atom is -0.334 e. The van der Waals surface area contributed by atoms with Gasteiger partial charge in [-0.2, -0.15) is 0 Å². The normalized spacial score (nSPS) is 11.1. The van der Waals surface area contributed by atoms with Gasteiger partial charge in [0.15, 0.2) is 0 Å². The summed E-state index contributed by atoms with van der Waals surface area (Å²) >= 11 is 0. The van der Waals surface area contributed by atoms with Crippen molar-refractivity contribution in [3.05, 3.63) is 29.1 Å². The van der Waals surface area contributed by atoms with Gasteiger partial charge in [-0.25, -0.2) is 0 Å². The Morgan fingerprint density at radius 3 is 2.12 bits per heavy atom. The summed E-state index contributed by atoms with van der Waals surface area (Å²) < 4.78 is 0. The number of nitrogens with zero attached hydrogens (tertiary/aromatic N) is 2. The van der Waals surface area contributed by atoms with E-state index in [0.29, 0.717) is 0 Å². The van der Waals surface area contributed by atoms with Gasteiger partial charge in [-0.3, -0.25) is 9.78 Å². The van der Waals surface area contributed by atoms with Crippen LogP contribution in [0, 0.1) is 13.8 Å². The molecule has 0 fully saturated rings. The SMILES string of the molecule is Cc1ccnc(C)c1C(=O)N(C(C)C)C(C)C. The molecule has 0 saturated heterocycles. The average Bonchev–Trinajstić information content (AvgIpc) is 2.15. The Hall–Kier alpha value is -1.38. The summed E-state index contributed by atoms with van der Waals surface area (Å²) in [6.45, 7) is 12.0. The molecule has 0 radical (unpaired) electrons. The zero-order chi connectivity index (χ0) is 13.2. The Bertz CT molecular complexity index is 382. The molecule has 1 aromatic heterocycles. The van der Waals surface area contributed by atoms with E-state index in [2.05, 4.69) is 4.98 Å². The number of hydrogen-bond donors (Lipinski definition) is 0. The highest BCUT2D eigenvalue weighted by molar-refractivity contribution is 5.97. The van der Waals surface area contributed by atoms with Crippen LogP contribution in [-0.4, -0.2) is 27.9 Å². The average molecular weight is 234 g/mol. The van der Waals surface area contributed by atoms with Crippen LogP contribution in [0.2, 0.25) is 0 Å². The van der Waals surface area contributed by atoms with Crippen molar-refractivity contribution < 1.29 is 4.79 Å². The maximum Gasteiger partial charge on any atom is 0.256 e. The van der Waals surface area contributed by atoms with Crippen molar-refractivity contribution >= 4 is 5.91 Å². The van der Waals surface area contributed by atoms with Crippen molar-refractivity contribution in [2.75, 3.05) is 0 Å². The first-order valence-electron chi connectivity index (χ1n) is 6.11. The van der Waals surface area contributed by atoms with Crippen LogP contribution in [0.1, 0.15) is 49.3 Å². The summed E-state index contributed by atoms with van der Waals surface area (Å²) in [7, 11) is 0. The fourth-order valence-corrected chi connectivity index (χ4v) is 2.21. The van der Waals surface area contributed by atoms with E-state index in [1.807, 2.05) is 52.5 Å². The number of pyridine rings is 1. The predicted molar refractivity (Wildman–Crippen MR) is 70.2 cm³/mol. The summed E-state index contributed by atoms with van der Waals surface area (Å²) in [6.07, 6.45) is 1.75. The monoisotopic (exact) mass is 234 g/mol. The molecule has 1 rings (SSSR count). The lowest BCUT2D eigenvalue weighted by Gasteiger charge is -2.31. The van der Waals surface area contributed by atoms with Gasteiger partial charge in [-0.15, -0.1) is 0 Å². The summed E-state index contributed by atoms with van der Waals surface area (Å²) in [4.78, 5) is 18.7. The molecule has 0 aromatic carbocycles. The minimum absolute atomic E-state index is 0.0816. The van der Waals surface area contributed by atoms with Crippen LogP contribution < -0.4 is 0 Å². The Kier molecular flexibility index (Phi) is 4.27. The zero-order valence-corrected chi connectivity index (χ0v) is 11.6. The molecule has 17 heavy (non-hydrogen) atoms. The third-order valence-corrected chi connectivity index (χ3v) is 2.91. The lowest BCUT2D eigenvalue weighted by molar-refractivity contribution is 0.0641. The van der Waals surface area contributed by atoms with Crippen LogP contribution in [0.15, 0.2) is 12.3 Å². The highest BCUT2D eigenvalue weighted by atomic mass is 16.2. The Labute approximate surface area is 104 Å². The van der Waals surface area contributed by atoms with Gasteiger partial charge in [0.2, 0.25) is 0 Å². The van der Waals surface area contributed by atoms with Gasteiger partial charge in [0, 0.05) is 18.3 Å². The van der Waals surface area contributed by atoms with Gasteiger partial charge >= 0.3 is 0 Å². The molecular weight excluding hydrogens is 212 g/mol. The van der Waals surface area contributed by atoms with E-state index in [9.17, 15) is 4.79 Å². The van der Waals surface area contributed by atoms with Crippen LogP contribution in [0.5, 0.6) is 0 Å². The van der Waals surface area contributed by atoms with Gasteiger partial charge in [0.05, 0.1) is 11.3 Å². The molecular formula is C14H22N2O. The lowest BCUT2D eigenvalue weighted by atomic mass is 10.0. The van der Waals surface area contributed by atoms with E-state index in [-0.39, 0.29) is 18.0 Å². The molecule has 1 heterocycles. The first kappa shape index (κ1) is 13.7. The first-order valence-corrected chi connectivity index (χ1v) is 6.11. The summed E-state index contributed by atoms with van der Waals surface area (Å²) in [5.74, 6) is 0.0816. The van der Waals surface area contributed by atoms with Crippen molar-refractivity contribution in [1.29, 1.82) is 0 Å². The number of hydrogen-bond acceptors (Lipinski definition) is 2. The molecule has 0 aliphatic rings. The van der Waals surface area contributed by atoms with Gasteiger partial charge < -0.3 is 4.90 Å². The van der Waals surface area contributed by atoms with E-state index in [1.54, 1.807) is 6.20 Å². The smallest absolute Gasteiger partial charge is 0.256 e. The highest BCUT2D eigenvalue weighted by Crippen LogP contribution is 2.17. The van der Waals surface area contributed by atoms with Crippen LogP contribution in [-0.2, 0) is 0 Å². The van der Waals surface area contributed by atoms with Crippen molar-refractivity contribution in [2.24, 2.45) is 0 Å². The molecule has 3 nitrogen and oxygen atoms in total. The molecule has 94 valence electrons. The predicted octanol–water partition coefficient (Wildman–Crippen LogP) is 2.96. The van der Waals surface area contributed by atoms with E-state index in [4.69, 9.17) is 0 Å². The maximum atomic E-state index is 12.6. The number of amides is 1. The molecule has 0 bridgehead atoms. The molecule has 0 saturated carbocycles. The van der Waals surface area contributed by atoms with Crippen LogP contribution in [0.4, 0.5) is 0 Å². The summed E-state index contributed by atoms with van der Waals surface area (Å²) in [5, 5.41) is 0. The van der Waals surface area contributed by atoms with Crippen molar-refractivity contribution in [3.63, 3.8) is 0 Å². The largest absolute Gasteiger partial charge is 0.334 e. The minimum atomic E-state index is 0.0816. The Morgan fingerprint density at radius 2 is 1.71 bits per heavy atom. The second-order valence-electron chi connectivity index (χ2n) is 4.99. The van der Waals surface area contributed by atoms with Crippen LogP contribution in [0.25, 0.3) is 0 Å². The van der Waals surface area contributed by atoms with Crippen LogP contribution in [0.3, 0.4) is 0 Å². The highest BCUT2D eigenvalue weighted by Gasteiger charge is 2.24. The number of rotatable bonds is 3. The summed E-state index contributed by atoms with van der Waals surface area (Å²) in [5.41, 5.74) is 2.55. The quantitative estimate of drug-likeness (QED) is 0.805. The second kappa shape index (κ2) is 5.30. The van der Waals surface area contributed by atoms with E-state index < -0.39 is 0 Å². The number of carbonyl (C=O) groups excluding carboxylic acids is 1. The fraction of sp³-hybridized carbons (Fsp3) is 0.571. The fourth-order valence-electron chi connectivity index (χ4n) is 2.21. The van der Waals surface area contributed by atoms with Crippen molar-refractivity contribution in [2.45, 2.75) is 53.6 Å². The molecule has 0 spiro atoms. The molecule has 3 heteroatoms. The summed E-state index contributed by atoms with van der Waals surface area (Å²) in [6, 6.07) is 2.28. The molecule has 1 amide bonds. The molecule has 0 N–H and O–H groups in total. The van der Waals surface area contributed by atoms with Crippen molar-refractivity contribution in [1.82, 2.24) is 9.88 Å². The van der Waals surface area contributed by atoms with Gasteiger partial charge in [0.1, 0.15) is 0 Å². The topological polar surface area (TPSA) is 33.2 Å². The van der Waals surface area contributed by atoms with E-state index >= 15 is 0 Å². The number of carbonyl (C=O) groups is 1. The molecule has 1 aromatic rings. The van der Waals surface area contributed by atoms with Crippen molar-refractivity contribution in [3.8, 4) is 0 Å². The molecule has 0 aliphatic heterocycles. The third kappa shape index (κ3) is 2.84. The number of aryl methyl sites for hydroxylation is 2. The van der Waals surface area contributed by atoms with E-state index in [0.717, 1.165) is 16.8 Å². The van der Waals surface area contributed by atoms with Gasteiger partial charge in [-0.1, -0.05) is 0 Å². The Balaban J connectivity index is 3.19. The molecule has 0 aliphatic carbocycles. The molecule has 0 unspecified atom stereocenters. The molecule has 0 atom stereocenters. The standard InChI is InChI=1S/C14H22N2O/c1-9(2)16(10(3)4)14(17)13-11(5)7-8-15-12(13)6/h7-10H,1-6H3. The van der Waals surface area contributed by atoms with Gasteiger partial charge in [-0.05, 0) is 53.2 Å². The van der Waals surface area contributed by atoms with Crippen LogP contribution >= 0.6 is 0 Å². The number of aromatic nitrogens is 1. The first-order chi connectivity index (χ1) is 7.86. The zero-order valence-electron chi connectivity index (χ0n) is 11.6. The van der Waals surface area contributed by atoms with E-state index in [1.165, 1.54) is 0 Å². The van der Waals surface area contributed by atoms with Gasteiger partial charge in [0.25, 0.3) is 5.91 Å². The maximum absolute atomic E-state index is 12.6. The second-order valence-corrected chi connectivity index (χ2v) is 4.99. The lowest BCUT2D eigenvalue weighted by Crippen LogP contribution is -2.42. The third-order valence-electron chi connectivity index (χ3n) is 2.91. The Morgan fingerprint density at radius 1 is 1.18 bits per heavy atom.